The van der Waals surface area contributed by atoms with E-state index in [9.17, 15) is 4.79 Å². The number of nitrogens with two attached hydrogens (primary N) is 1. The first-order valence-corrected chi connectivity index (χ1v) is 10.0. The van der Waals surface area contributed by atoms with Gasteiger partial charge in [-0.05, 0) is 40.0 Å². The van der Waals surface area contributed by atoms with Gasteiger partial charge in [0.25, 0.3) is 0 Å². The van der Waals surface area contributed by atoms with Gasteiger partial charge in [-0.25, -0.2) is 4.79 Å². The van der Waals surface area contributed by atoms with Crippen LogP contribution in [0.3, 0.4) is 0 Å². The molecule has 3 N–H and O–H groups in total. The van der Waals surface area contributed by atoms with Gasteiger partial charge in [0.15, 0.2) is 0 Å². The summed E-state index contributed by atoms with van der Waals surface area (Å²) in [7, 11) is 3.41. The van der Waals surface area contributed by atoms with Gasteiger partial charge in [0.1, 0.15) is 5.58 Å². The summed E-state index contributed by atoms with van der Waals surface area (Å²) in [5.41, 5.74) is 4.84. The lowest BCUT2D eigenvalue weighted by molar-refractivity contribution is -0.923. The lowest BCUT2D eigenvalue weighted by Crippen LogP contribution is -2.48. The van der Waals surface area contributed by atoms with Crippen molar-refractivity contribution in [2.45, 2.75) is 33.6 Å². The van der Waals surface area contributed by atoms with Gasteiger partial charge in [-0.1, -0.05) is 30.4 Å². The quantitative estimate of drug-likeness (QED) is 0.427. The zero-order chi connectivity index (χ0) is 20.7. The molecular weight excluding hydrogens is 358 g/mol. The number of rotatable bonds is 7. The molecular formula is C21H36N3O2S+. The molecule has 2 rings (SSSR count). The highest BCUT2D eigenvalue weighted by Crippen LogP contribution is 2.09. The predicted molar refractivity (Wildman–Crippen MR) is 120 cm³/mol. The van der Waals surface area contributed by atoms with E-state index in [4.69, 9.17) is 16.6 Å². The third-order valence-corrected chi connectivity index (χ3v) is 5.26. The first-order chi connectivity index (χ1) is 13.0. The van der Waals surface area contributed by atoms with Crippen molar-refractivity contribution in [3.05, 3.63) is 46.8 Å². The van der Waals surface area contributed by atoms with Crippen molar-refractivity contribution in [3.63, 3.8) is 0 Å². The maximum atomic E-state index is 10.7. The van der Waals surface area contributed by atoms with E-state index in [0.29, 0.717) is 5.58 Å². The van der Waals surface area contributed by atoms with E-state index in [2.05, 4.69) is 31.8 Å². The number of fused-ring (bicyclic) bond motifs is 1. The second-order valence-corrected chi connectivity index (χ2v) is 6.58. The maximum Gasteiger partial charge on any atom is 0.336 e. The van der Waals surface area contributed by atoms with Crippen LogP contribution in [0.25, 0.3) is 11.0 Å². The third kappa shape index (κ3) is 9.13. The summed E-state index contributed by atoms with van der Waals surface area (Å²) >= 11 is 5.13. The summed E-state index contributed by atoms with van der Waals surface area (Å²) in [4.78, 5) is 11.7. The Morgan fingerprint density at radius 1 is 1.07 bits per heavy atom. The molecule has 0 saturated heterocycles. The van der Waals surface area contributed by atoms with Crippen molar-refractivity contribution in [2.24, 2.45) is 5.73 Å². The van der Waals surface area contributed by atoms with E-state index in [-0.39, 0.29) is 5.63 Å². The number of nitrogens with one attached hydrogen (secondary N) is 1. The number of thiocarbonyl (C=S) groups is 1. The van der Waals surface area contributed by atoms with E-state index in [1.54, 1.807) is 12.1 Å². The van der Waals surface area contributed by atoms with Crippen molar-refractivity contribution >= 4 is 28.2 Å². The van der Waals surface area contributed by atoms with Crippen molar-refractivity contribution in [3.8, 4) is 0 Å². The molecule has 0 saturated carbocycles. The van der Waals surface area contributed by atoms with Gasteiger partial charge in [-0.3, -0.25) is 0 Å². The van der Waals surface area contributed by atoms with Crippen LogP contribution in [0, 0.1) is 0 Å². The highest BCUT2D eigenvalue weighted by atomic mass is 32.1. The minimum atomic E-state index is -0.302. The lowest BCUT2D eigenvalue weighted by Gasteiger charge is -2.35. The number of para-hydroxylation sites is 1. The van der Waals surface area contributed by atoms with Crippen LogP contribution in [0.1, 0.15) is 33.6 Å². The third-order valence-electron chi connectivity index (χ3n) is 4.86. The summed E-state index contributed by atoms with van der Waals surface area (Å²) in [6.07, 6.45) is 2.24. The summed E-state index contributed by atoms with van der Waals surface area (Å²) < 4.78 is 6.13. The van der Waals surface area contributed by atoms with Gasteiger partial charge in [-0.2, -0.15) is 0 Å². The van der Waals surface area contributed by atoms with Crippen molar-refractivity contribution in [2.75, 3.05) is 40.3 Å². The fourth-order valence-electron chi connectivity index (χ4n) is 2.86. The van der Waals surface area contributed by atoms with Crippen molar-refractivity contribution in [1.29, 1.82) is 0 Å². The molecule has 6 heteroatoms. The normalized spacial score (nSPS) is 10.3. The summed E-state index contributed by atoms with van der Waals surface area (Å²) in [6, 6.07) is 10.6. The van der Waals surface area contributed by atoms with E-state index in [0.717, 1.165) is 16.8 Å². The molecule has 5 nitrogen and oxygen atoms in total. The van der Waals surface area contributed by atoms with Gasteiger partial charge in [0, 0.05) is 31.3 Å². The van der Waals surface area contributed by atoms with Crippen LogP contribution >= 0.6 is 12.2 Å². The summed E-state index contributed by atoms with van der Waals surface area (Å²) in [6.45, 7) is 11.8. The van der Waals surface area contributed by atoms with Crippen molar-refractivity contribution in [1.82, 2.24) is 5.32 Å². The lowest BCUT2D eigenvalue weighted by atomic mass is 10.2. The maximum absolute atomic E-state index is 10.7. The van der Waals surface area contributed by atoms with Crippen molar-refractivity contribution < 1.29 is 8.90 Å². The molecule has 27 heavy (non-hydrogen) atoms. The van der Waals surface area contributed by atoms with E-state index < -0.39 is 0 Å². The first kappa shape index (κ1) is 25.2. The Hall–Kier alpha value is -1.76. The first-order valence-electron chi connectivity index (χ1n) is 9.62. The number of quaternary nitrogens is 1. The van der Waals surface area contributed by atoms with E-state index in [1.807, 2.05) is 25.2 Å². The number of benzene rings is 1. The Labute approximate surface area is 169 Å². The molecule has 0 amide bonds. The van der Waals surface area contributed by atoms with Crippen LogP contribution < -0.4 is 16.7 Å². The minimum absolute atomic E-state index is 0.302. The molecule has 0 bridgehead atoms. The highest BCUT2D eigenvalue weighted by Gasteiger charge is 2.19. The monoisotopic (exact) mass is 394 g/mol. The largest absolute Gasteiger partial charge is 0.423 e. The van der Waals surface area contributed by atoms with Gasteiger partial charge >= 0.3 is 5.63 Å². The number of hydrogen-bond acceptors (Lipinski definition) is 4. The topological polar surface area (TPSA) is 68.3 Å². The predicted octanol–water partition coefficient (Wildman–Crippen LogP) is 3.56. The average Bonchev–Trinajstić information content (AvgIpc) is 2.73. The summed E-state index contributed by atoms with van der Waals surface area (Å²) in [5.74, 6) is 0. The molecule has 0 aliphatic heterocycles. The number of hydrogen-bond donors (Lipinski definition) is 2. The molecule has 0 unspecified atom stereocenters. The van der Waals surface area contributed by atoms with Crippen LogP contribution in [0.5, 0.6) is 0 Å². The van der Waals surface area contributed by atoms with Gasteiger partial charge in [0.05, 0.1) is 31.2 Å². The van der Waals surface area contributed by atoms with Crippen LogP contribution in [-0.4, -0.2) is 49.7 Å². The van der Waals surface area contributed by atoms with Crippen LogP contribution in [0.4, 0.5) is 0 Å². The zero-order valence-corrected chi connectivity index (χ0v) is 18.3. The minimum Gasteiger partial charge on any atom is -0.423 e. The molecule has 0 spiro atoms. The highest BCUT2D eigenvalue weighted by molar-refractivity contribution is 7.80. The van der Waals surface area contributed by atoms with Crippen LogP contribution in [-0.2, 0) is 0 Å². The molecule has 0 aliphatic rings. The SMILES string of the molecule is CC[N+](CC)(CC)CCCC(=S)NC.CN.O=c1ccc2ccccc2o1. The average molecular weight is 395 g/mol. The Bertz CT molecular complexity index is 703. The standard InChI is InChI=1S/C11H24N2S.C9H6O2.CH5N/c1-5-13(6-2,7-3)10-8-9-11(14)12-4;10-9-6-5-7-3-1-2-4-8(7)11-9;1-2/h5-10H2,1-4H3;1-6H;2H2,1H3/p+1. The second-order valence-electron chi connectivity index (χ2n) is 6.08. The van der Waals surface area contributed by atoms with E-state index >= 15 is 0 Å². The smallest absolute Gasteiger partial charge is 0.336 e. The zero-order valence-electron chi connectivity index (χ0n) is 17.5. The molecule has 2 aromatic rings. The van der Waals surface area contributed by atoms with Crippen LogP contribution in [0.15, 0.2) is 45.6 Å². The molecule has 0 atom stereocenters. The van der Waals surface area contributed by atoms with E-state index in [1.165, 1.54) is 50.2 Å². The molecule has 0 aliphatic carbocycles. The Morgan fingerprint density at radius 3 is 2.22 bits per heavy atom. The fourth-order valence-corrected chi connectivity index (χ4v) is 3.00. The molecule has 152 valence electrons. The van der Waals surface area contributed by atoms with Gasteiger partial charge < -0.3 is 20.0 Å². The Balaban J connectivity index is 0.000000465. The number of nitrogens with zero attached hydrogens (tertiary/aromatic N) is 1. The molecule has 1 aromatic carbocycles. The Kier molecular flexibility index (Phi) is 13.4. The molecule has 1 aromatic heterocycles. The summed E-state index contributed by atoms with van der Waals surface area (Å²) in [5, 5.41) is 3.98. The molecule has 0 fully saturated rings. The molecule has 0 radical (unpaired) electrons. The van der Waals surface area contributed by atoms with Crippen LogP contribution in [0.2, 0.25) is 0 Å². The second kappa shape index (κ2) is 14.3. The van der Waals surface area contributed by atoms with Gasteiger partial charge in [-0.15, -0.1) is 0 Å². The fraction of sp³-hybridized carbons (Fsp3) is 0.524. The van der Waals surface area contributed by atoms with Gasteiger partial charge in [0.2, 0.25) is 0 Å². The Morgan fingerprint density at radius 2 is 1.67 bits per heavy atom. The molecule has 1 heterocycles.